The van der Waals surface area contributed by atoms with Gasteiger partial charge in [-0.25, -0.2) is 9.78 Å². The normalized spacial score (nSPS) is 12.7. The van der Waals surface area contributed by atoms with Gasteiger partial charge in [0.05, 0.1) is 24.9 Å². The second-order valence-electron chi connectivity index (χ2n) is 7.95. The molecule has 29 heavy (non-hydrogen) atoms. The zero-order valence-corrected chi connectivity index (χ0v) is 17.5. The molecule has 2 aromatic heterocycles. The summed E-state index contributed by atoms with van der Waals surface area (Å²) in [6, 6.07) is 15.6. The second-order valence-corrected chi connectivity index (χ2v) is 7.95. The Balaban J connectivity index is 1.83. The smallest absolute Gasteiger partial charge is 0.408 e. The van der Waals surface area contributed by atoms with Crippen LogP contribution in [-0.4, -0.2) is 27.7 Å². The van der Waals surface area contributed by atoms with Crippen molar-refractivity contribution in [2.24, 2.45) is 0 Å². The van der Waals surface area contributed by atoms with Gasteiger partial charge in [-0.1, -0.05) is 43.3 Å². The van der Waals surface area contributed by atoms with Crippen LogP contribution < -0.4 is 5.32 Å². The molecule has 0 saturated carbocycles. The molecule has 0 saturated heterocycles. The Morgan fingerprint density at radius 2 is 1.90 bits per heavy atom. The molecule has 3 aromatic rings. The Morgan fingerprint density at radius 1 is 1.14 bits per heavy atom. The number of amides is 1. The fourth-order valence-corrected chi connectivity index (χ4v) is 3.16. The predicted octanol–water partition coefficient (Wildman–Crippen LogP) is 4.68. The van der Waals surface area contributed by atoms with E-state index in [1.165, 1.54) is 0 Å². The maximum atomic E-state index is 12.5. The molecule has 6 heteroatoms. The van der Waals surface area contributed by atoms with Gasteiger partial charge in [0.25, 0.3) is 0 Å². The van der Waals surface area contributed by atoms with Gasteiger partial charge >= 0.3 is 6.09 Å². The molecule has 0 aliphatic rings. The summed E-state index contributed by atoms with van der Waals surface area (Å²) >= 11 is 0. The number of nitrogens with one attached hydrogen (secondary N) is 1. The number of fused-ring (bicyclic) bond motifs is 1. The number of hydrogen-bond donors (Lipinski definition) is 1. The van der Waals surface area contributed by atoms with E-state index < -0.39 is 17.7 Å². The first kappa shape index (κ1) is 20.9. The molecule has 0 fully saturated rings. The molecule has 1 unspecified atom stereocenters. The highest BCUT2D eigenvalue weighted by Crippen LogP contribution is 2.20. The van der Waals surface area contributed by atoms with Crippen molar-refractivity contribution in [3.05, 3.63) is 71.8 Å². The van der Waals surface area contributed by atoms with Crippen LogP contribution in [0.2, 0.25) is 0 Å². The van der Waals surface area contributed by atoms with Crippen molar-refractivity contribution >= 4 is 11.6 Å². The lowest BCUT2D eigenvalue weighted by Crippen LogP contribution is -2.37. The number of imidazole rings is 1. The molecule has 1 N–H and O–H groups in total. The third-order valence-corrected chi connectivity index (χ3v) is 4.42. The summed E-state index contributed by atoms with van der Waals surface area (Å²) < 4.78 is 13.5. The number of benzene rings is 1. The predicted molar refractivity (Wildman–Crippen MR) is 113 cm³/mol. The largest absolute Gasteiger partial charge is 0.444 e. The number of alkyl carbamates (subject to hydrolysis) is 1. The molecule has 1 atom stereocenters. The number of hydrogen-bond acceptors (Lipinski definition) is 4. The van der Waals surface area contributed by atoms with Crippen molar-refractivity contribution in [2.75, 3.05) is 6.61 Å². The van der Waals surface area contributed by atoms with E-state index in [9.17, 15) is 4.79 Å². The number of pyridine rings is 1. The average Bonchev–Trinajstić information content (AvgIpc) is 3.11. The quantitative estimate of drug-likeness (QED) is 0.631. The Morgan fingerprint density at radius 3 is 2.59 bits per heavy atom. The molecule has 2 heterocycles. The van der Waals surface area contributed by atoms with E-state index in [1.807, 2.05) is 69.4 Å². The molecule has 1 amide bonds. The van der Waals surface area contributed by atoms with E-state index in [2.05, 4.69) is 27.7 Å². The standard InChI is InChI=1S/C23H29N3O3/c1-5-18-12-9-13-19-14-24-21(26(18)19)20(25-22(27)29-23(2,3)4)16-28-15-17-10-7-6-8-11-17/h6-14,20H,5,15-16H2,1-4H3,(H,25,27). The van der Waals surface area contributed by atoms with Crippen molar-refractivity contribution < 1.29 is 14.3 Å². The van der Waals surface area contributed by atoms with Crippen LogP contribution >= 0.6 is 0 Å². The van der Waals surface area contributed by atoms with Gasteiger partial charge < -0.3 is 14.8 Å². The van der Waals surface area contributed by atoms with Crippen molar-refractivity contribution in [3.8, 4) is 0 Å². The minimum Gasteiger partial charge on any atom is -0.444 e. The van der Waals surface area contributed by atoms with Crippen LogP contribution in [0.25, 0.3) is 5.52 Å². The third kappa shape index (κ3) is 5.57. The Kier molecular flexibility index (Phi) is 6.54. The minimum absolute atomic E-state index is 0.283. The van der Waals surface area contributed by atoms with Gasteiger partial charge in [0.15, 0.2) is 0 Å². The minimum atomic E-state index is -0.581. The van der Waals surface area contributed by atoms with E-state index in [0.717, 1.165) is 29.0 Å². The number of rotatable bonds is 7. The fraction of sp³-hybridized carbons (Fsp3) is 0.391. The first-order valence-corrected chi connectivity index (χ1v) is 9.94. The summed E-state index contributed by atoms with van der Waals surface area (Å²) in [5, 5.41) is 2.94. The molecule has 0 aliphatic heterocycles. The number of ether oxygens (including phenoxy) is 2. The molecule has 0 radical (unpaired) electrons. The Hall–Kier alpha value is -2.86. The molecule has 3 rings (SSSR count). The first-order valence-electron chi connectivity index (χ1n) is 9.94. The summed E-state index contributed by atoms with van der Waals surface area (Å²) in [4.78, 5) is 17.1. The van der Waals surface area contributed by atoms with Crippen LogP contribution in [-0.2, 0) is 22.5 Å². The molecule has 0 bridgehead atoms. The molecular formula is C23H29N3O3. The Bertz CT molecular complexity index is 945. The van der Waals surface area contributed by atoms with Crippen LogP contribution in [0.3, 0.4) is 0 Å². The second kappa shape index (κ2) is 9.09. The monoisotopic (exact) mass is 395 g/mol. The lowest BCUT2D eigenvalue weighted by atomic mass is 10.2. The topological polar surface area (TPSA) is 64.9 Å². The number of nitrogens with zero attached hydrogens (tertiary/aromatic N) is 2. The first-order chi connectivity index (χ1) is 13.9. The summed E-state index contributed by atoms with van der Waals surface area (Å²) in [5.74, 6) is 0.733. The van der Waals surface area contributed by atoms with Crippen LogP contribution in [0, 0.1) is 0 Å². The van der Waals surface area contributed by atoms with Gasteiger partial charge in [0.2, 0.25) is 0 Å². The van der Waals surface area contributed by atoms with E-state index in [4.69, 9.17) is 9.47 Å². The maximum absolute atomic E-state index is 12.5. The number of aromatic nitrogens is 2. The molecule has 0 spiro atoms. The van der Waals surface area contributed by atoms with Crippen molar-refractivity contribution in [3.63, 3.8) is 0 Å². The van der Waals surface area contributed by atoms with Gasteiger partial charge in [0.1, 0.15) is 17.5 Å². The lowest BCUT2D eigenvalue weighted by Gasteiger charge is -2.23. The molecule has 6 nitrogen and oxygen atoms in total. The summed E-state index contributed by atoms with van der Waals surface area (Å²) in [5.41, 5.74) is 2.60. The van der Waals surface area contributed by atoms with Crippen molar-refractivity contribution in [1.29, 1.82) is 0 Å². The highest BCUT2D eigenvalue weighted by molar-refractivity contribution is 5.68. The van der Waals surface area contributed by atoms with E-state index in [0.29, 0.717) is 6.61 Å². The van der Waals surface area contributed by atoms with Crippen LogP contribution in [0.1, 0.15) is 50.8 Å². The average molecular weight is 396 g/mol. The van der Waals surface area contributed by atoms with Gasteiger partial charge in [-0.05, 0) is 44.9 Å². The zero-order valence-electron chi connectivity index (χ0n) is 17.5. The van der Waals surface area contributed by atoms with E-state index in [-0.39, 0.29) is 6.61 Å². The van der Waals surface area contributed by atoms with E-state index in [1.54, 1.807) is 0 Å². The number of carbonyl (C=O) groups excluding carboxylic acids is 1. The lowest BCUT2D eigenvalue weighted by molar-refractivity contribution is 0.0420. The van der Waals surface area contributed by atoms with Gasteiger partial charge in [0, 0.05) is 5.69 Å². The van der Waals surface area contributed by atoms with Crippen molar-refractivity contribution in [1.82, 2.24) is 14.7 Å². The zero-order chi connectivity index (χ0) is 20.9. The van der Waals surface area contributed by atoms with Crippen LogP contribution in [0.15, 0.2) is 54.7 Å². The summed E-state index contributed by atoms with van der Waals surface area (Å²) in [7, 11) is 0. The number of carbonyl (C=O) groups is 1. The fourth-order valence-electron chi connectivity index (χ4n) is 3.16. The highest BCUT2D eigenvalue weighted by atomic mass is 16.6. The van der Waals surface area contributed by atoms with Crippen molar-refractivity contribution in [2.45, 2.75) is 52.4 Å². The molecular weight excluding hydrogens is 366 g/mol. The van der Waals surface area contributed by atoms with Gasteiger partial charge in [-0.3, -0.25) is 4.40 Å². The van der Waals surface area contributed by atoms with Crippen LogP contribution in [0.5, 0.6) is 0 Å². The molecule has 154 valence electrons. The highest BCUT2D eigenvalue weighted by Gasteiger charge is 2.24. The van der Waals surface area contributed by atoms with Gasteiger partial charge in [-0.2, -0.15) is 0 Å². The third-order valence-electron chi connectivity index (χ3n) is 4.42. The number of aryl methyl sites for hydroxylation is 1. The molecule has 1 aromatic carbocycles. The SMILES string of the molecule is CCc1cccc2cnc(C(COCc3ccccc3)NC(=O)OC(C)(C)C)n12. The van der Waals surface area contributed by atoms with Gasteiger partial charge in [-0.15, -0.1) is 0 Å². The molecule has 0 aliphatic carbocycles. The summed E-state index contributed by atoms with van der Waals surface area (Å²) in [6.07, 6.45) is 2.18. The van der Waals surface area contributed by atoms with Crippen LogP contribution in [0.4, 0.5) is 4.79 Å². The Labute approximate surface area is 171 Å². The maximum Gasteiger partial charge on any atom is 0.408 e. The summed E-state index contributed by atoms with van der Waals surface area (Å²) in [6.45, 7) is 8.36. The van der Waals surface area contributed by atoms with E-state index >= 15 is 0 Å².